The van der Waals surface area contributed by atoms with Crippen LogP contribution in [0, 0.1) is 20.8 Å². The van der Waals surface area contributed by atoms with Crippen molar-refractivity contribution >= 4 is 12.0 Å². The second kappa shape index (κ2) is 12.8. The second-order valence-corrected chi connectivity index (χ2v) is 10.9. The van der Waals surface area contributed by atoms with Crippen molar-refractivity contribution in [3.8, 4) is 11.1 Å². The van der Waals surface area contributed by atoms with E-state index in [0.717, 1.165) is 29.5 Å². The van der Waals surface area contributed by atoms with E-state index in [2.05, 4.69) is 83.2 Å². The van der Waals surface area contributed by atoms with Crippen LogP contribution in [0.25, 0.3) is 17.2 Å². The highest BCUT2D eigenvalue weighted by Gasteiger charge is 2.32. The van der Waals surface area contributed by atoms with Crippen molar-refractivity contribution in [2.75, 3.05) is 7.11 Å². The first-order chi connectivity index (χ1) is 18.6. The Balaban J connectivity index is 2.00. The maximum absolute atomic E-state index is 11.7. The van der Waals surface area contributed by atoms with Crippen molar-refractivity contribution in [3.05, 3.63) is 99.6 Å². The number of ether oxygens (including phenoxy) is 1. The predicted octanol–water partition coefficient (Wildman–Crippen LogP) is 8.66. The molecule has 0 fully saturated rings. The normalized spacial score (nSPS) is 12.2. The van der Waals surface area contributed by atoms with Gasteiger partial charge in [-0.15, -0.1) is 0 Å². The zero-order valence-corrected chi connectivity index (χ0v) is 25.2. The van der Waals surface area contributed by atoms with Crippen molar-refractivity contribution in [1.82, 2.24) is 0 Å². The number of carbonyl (C=O) groups excluding carboxylic acids is 1. The van der Waals surface area contributed by atoms with Crippen LogP contribution in [0.1, 0.15) is 92.3 Å². The summed E-state index contributed by atoms with van der Waals surface area (Å²) in [7, 11) is 1.42. The molecule has 0 amide bonds. The Morgan fingerprint density at radius 2 is 1.36 bits per heavy atom. The van der Waals surface area contributed by atoms with Crippen LogP contribution < -0.4 is 0 Å². The second-order valence-electron chi connectivity index (χ2n) is 10.9. The van der Waals surface area contributed by atoms with Crippen molar-refractivity contribution in [3.63, 3.8) is 0 Å². The van der Waals surface area contributed by atoms with E-state index in [1.54, 1.807) is 0 Å². The van der Waals surface area contributed by atoms with Crippen LogP contribution in [0.15, 0.2) is 60.7 Å². The van der Waals surface area contributed by atoms with Crippen molar-refractivity contribution in [1.29, 1.82) is 0 Å². The van der Waals surface area contributed by atoms with Crippen LogP contribution in [0.4, 0.5) is 0 Å². The summed E-state index contributed by atoms with van der Waals surface area (Å²) in [5.74, 6) is -0.224. The van der Waals surface area contributed by atoms with E-state index in [0.29, 0.717) is 12.8 Å². The van der Waals surface area contributed by atoms with Gasteiger partial charge in [-0.25, -0.2) is 0 Å². The molecule has 0 saturated carbocycles. The number of aliphatic hydroxyl groups is 1. The Labute approximate surface area is 235 Å². The Hall–Kier alpha value is -3.17. The summed E-state index contributed by atoms with van der Waals surface area (Å²) in [5, 5.41) is 10.7. The third kappa shape index (κ3) is 6.53. The number of esters is 1. The average molecular weight is 527 g/mol. The number of carbonyl (C=O) groups is 1. The fraction of sp³-hybridized carbons (Fsp3) is 0.417. The Morgan fingerprint density at radius 3 is 1.85 bits per heavy atom. The summed E-state index contributed by atoms with van der Waals surface area (Å²) in [4.78, 5) is 11.7. The first-order valence-corrected chi connectivity index (χ1v) is 14.4. The summed E-state index contributed by atoms with van der Waals surface area (Å²) < 4.78 is 4.81. The van der Waals surface area contributed by atoms with Gasteiger partial charge in [0.2, 0.25) is 0 Å². The highest BCUT2D eigenvalue weighted by Crippen LogP contribution is 2.42. The van der Waals surface area contributed by atoms with Crippen molar-refractivity contribution < 1.29 is 14.6 Å². The molecule has 3 nitrogen and oxygen atoms in total. The number of hydrogen-bond acceptors (Lipinski definition) is 3. The number of methoxy groups -OCH3 is 1. The van der Waals surface area contributed by atoms with E-state index in [-0.39, 0.29) is 17.8 Å². The van der Waals surface area contributed by atoms with Gasteiger partial charge >= 0.3 is 5.97 Å². The molecule has 0 aliphatic carbocycles. The summed E-state index contributed by atoms with van der Waals surface area (Å²) in [6, 6.07) is 19.8. The van der Waals surface area contributed by atoms with Gasteiger partial charge in [-0.1, -0.05) is 94.4 Å². The lowest BCUT2D eigenvalue weighted by molar-refractivity contribution is -0.139. The van der Waals surface area contributed by atoms with Gasteiger partial charge in [-0.05, 0) is 96.5 Å². The van der Waals surface area contributed by atoms with E-state index in [1.165, 1.54) is 40.5 Å². The fourth-order valence-corrected chi connectivity index (χ4v) is 5.85. The Bertz CT molecular complexity index is 1280. The Kier molecular flexibility index (Phi) is 9.96. The number of rotatable bonds is 11. The summed E-state index contributed by atoms with van der Waals surface area (Å²) in [6.45, 7) is 15.2. The lowest BCUT2D eigenvalue weighted by Gasteiger charge is -2.35. The van der Waals surface area contributed by atoms with E-state index >= 15 is 0 Å². The number of hydrogen-bond donors (Lipinski definition) is 1. The van der Waals surface area contributed by atoms with Gasteiger partial charge in [0.25, 0.3) is 0 Å². The highest BCUT2D eigenvalue weighted by atomic mass is 16.5. The molecule has 0 heterocycles. The van der Waals surface area contributed by atoms with Crippen LogP contribution in [-0.2, 0) is 21.4 Å². The molecule has 3 heteroatoms. The third-order valence-corrected chi connectivity index (χ3v) is 8.73. The van der Waals surface area contributed by atoms with Crippen LogP contribution in [0.2, 0.25) is 0 Å². The molecule has 0 aliphatic heterocycles. The quantitative estimate of drug-likeness (QED) is 0.254. The minimum Gasteiger partial charge on any atom is -0.469 e. The molecule has 0 bridgehead atoms. The number of benzene rings is 3. The third-order valence-electron chi connectivity index (χ3n) is 8.73. The molecule has 0 saturated heterocycles. The molecule has 0 spiro atoms. The molecule has 0 radical (unpaired) electrons. The van der Waals surface area contributed by atoms with Crippen LogP contribution >= 0.6 is 0 Å². The summed E-state index contributed by atoms with van der Waals surface area (Å²) >= 11 is 0. The molecular weight excluding hydrogens is 480 g/mol. The molecule has 0 atom stereocenters. The molecule has 0 unspecified atom stereocenters. The molecule has 208 valence electrons. The molecule has 3 aromatic carbocycles. The number of aryl methyl sites for hydroxylation is 3. The lowest BCUT2D eigenvalue weighted by Crippen LogP contribution is -2.26. The zero-order chi connectivity index (χ0) is 28.8. The van der Waals surface area contributed by atoms with E-state index < -0.39 is 5.60 Å². The predicted molar refractivity (Wildman–Crippen MR) is 164 cm³/mol. The van der Waals surface area contributed by atoms with Gasteiger partial charge in [-0.3, -0.25) is 4.79 Å². The molecule has 0 aliphatic rings. The molecule has 3 aromatic rings. The molecule has 3 rings (SSSR count). The topological polar surface area (TPSA) is 46.5 Å². The largest absolute Gasteiger partial charge is 0.469 e. The molecule has 0 aromatic heterocycles. The minimum absolute atomic E-state index is 0.0843. The van der Waals surface area contributed by atoms with Crippen LogP contribution in [0.5, 0.6) is 0 Å². The smallest absolute Gasteiger partial charge is 0.309 e. The zero-order valence-electron chi connectivity index (χ0n) is 25.2. The van der Waals surface area contributed by atoms with E-state index in [4.69, 9.17) is 4.74 Å². The maximum atomic E-state index is 11.7. The van der Waals surface area contributed by atoms with Crippen molar-refractivity contribution in [2.45, 2.75) is 91.6 Å². The Morgan fingerprint density at radius 1 is 0.795 bits per heavy atom. The van der Waals surface area contributed by atoms with E-state index in [9.17, 15) is 9.90 Å². The molecule has 1 N–H and O–H groups in total. The van der Waals surface area contributed by atoms with Gasteiger partial charge in [0, 0.05) is 5.41 Å². The highest BCUT2D eigenvalue weighted by molar-refractivity contribution is 5.75. The van der Waals surface area contributed by atoms with Crippen LogP contribution in [0.3, 0.4) is 0 Å². The van der Waals surface area contributed by atoms with Crippen LogP contribution in [-0.4, -0.2) is 23.8 Å². The lowest BCUT2D eigenvalue weighted by atomic mass is 9.69. The van der Waals surface area contributed by atoms with Gasteiger partial charge < -0.3 is 9.84 Å². The first-order valence-electron chi connectivity index (χ1n) is 14.4. The first kappa shape index (κ1) is 30.4. The van der Waals surface area contributed by atoms with Gasteiger partial charge in [-0.2, -0.15) is 0 Å². The SMILES string of the molecule is CCC(O)(C=Cc1ccc(C(CC)(CC)c2cc(C)c(-c3ccc(CC(=O)OC)cc3)c(C)c2)cc1C)CC. The summed E-state index contributed by atoms with van der Waals surface area (Å²) in [6.07, 6.45) is 7.74. The molecule has 39 heavy (non-hydrogen) atoms. The fourth-order valence-electron chi connectivity index (χ4n) is 5.85. The minimum atomic E-state index is -0.750. The maximum Gasteiger partial charge on any atom is 0.309 e. The van der Waals surface area contributed by atoms with Gasteiger partial charge in [0.05, 0.1) is 19.1 Å². The summed E-state index contributed by atoms with van der Waals surface area (Å²) in [5.41, 5.74) is 10.1. The van der Waals surface area contributed by atoms with Crippen molar-refractivity contribution in [2.24, 2.45) is 0 Å². The van der Waals surface area contributed by atoms with Gasteiger partial charge in [0.15, 0.2) is 0 Å². The van der Waals surface area contributed by atoms with E-state index in [1.807, 2.05) is 32.1 Å². The standard InChI is InChI=1S/C36H46O3/c1-9-35(38,10-2)20-19-29-17-18-31(21-25(29)5)36(11-3,12-4)32-22-26(6)34(27(7)23-32)30-15-13-28(14-16-30)24-33(37)39-8/h13-23,38H,9-12,24H2,1-8H3. The van der Waals surface area contributed by atoms with Gasteiger partial charge in [0.1, 0.15) is 0 Å². The average Bonchev–Trinajstić information content (AvgIpc) is 2.94. The molecular formula is C36H46O3. The monoisotopic (exact) mass is 526 g/mol.